The molecule has 15 heavy (non-hydrogen) atoms. The molecule has 1 saturated carbocycles. The maximum atomic E-state index is 9.32. The number of hydrogen-bond donors (Lipinski definition) is 1. The van der Waals surface area contributed by atoms with Gasteiger partial charge in [-0.25, -0.2) is 0 Å². The minimum absolute atomic E-state index is 0.239. The fraction of sp³-hybridized carbons (Fsp3) is 0.818. The molecule has 1 aliphatic rings. The second-order valence-electron chi connectivity index (χ2n) is 5.10. The van der Waals surface area contributed by atoms with Crippen LogP contribution in [0.25, 0.3) is 0 Å². The van der Waals surface area contributed by atoms with Crippen LogP contribution in [0.3, 0.4) is 0 Å². The molecule has 0 saturated heterocycles. The first kappa shape index (κ1) is 10.6. The Bertz CT molecular complexity index is 344. The van der Waals surface area contributed by atoms with Crippen molar-refractivity contribution in [2.45, 2.75) is 52.1 Å². The van der Waals surface area contributed by atoms with Gasteiger partial charge >= 0.3 is 0 Å². The van der Waals surface area contributed by atoms with Crippen molar-refractivity contribution in [3.63, 3.8) is 0 Å². The molecule has 1 aromatic rings. The van der Waals surface area contributed by atoms with Gasteiger partial charge in [-0.3, -0.25) is 0 Å². The average Bonchev–Trinajstić information content (AvgIpc) is 2.69. The highest BCUT2D eigenvalue weighted by Gasteiger charge is 2.39. The van der Waals surface area contributed by atoms with Crippen LogP contribution in [0.5, 0.6) is 0 Å². The summed E-state index contributed by atoms with van der Waals surface area (Å²) in [6.45, 7) is 6.11. The molecule has 0 radical (unpaired) electrons. The van der Waals surface area contributed by atoms with Crippen LogP contribution in [0.2, 0.25) is 0 Å². The Morgan fingerprint density at radius 2 is 2.27 bits per heavy atom. The molecule has 4 heteroatoms. The standard InChI is InChI=1S/C11H18N2O2/c1-7(14)9-12-10(15-13-9)8-5-4-6-11(8,2)3/h7-8,14H,4-6H2,1-3H3. The molecule has 4 nitrogen and oxygen atoms in total. The van der Waals surface area contributed by atoms with E-state index in [1.807, 2.05) is 0 Å². The second kappa shape index (κ2) is 3.59. The van der Waals surface area contributed by atoms with Crippen molar-refractivity contribution in [1.82, 2.24) is 10.1 Å². The van der Waals surface area contributed by atoms with E-state index in [0.717, 1.165) is 6.42 Å². The van der Waals surface area contributed by atoms with Crippen molar-refractivity contribution in [2.24, 2.45) is 5.41 Å². The maximum Gasteiger partial charge on any atom is 0.230 e. The predicted molar refractivity (Wildman–Crippen MR) is 55.3 cm³/mol. The van der Waals surface area contributed by atoms with Gasteiger partial charge in [0.05, 0.1) is 0 Å². The smallest absolute Gasteiger partial charge is 0.230 e. The van der Waals surface area contributed by atoms with E-state index in [2.05, 4.69) is 24.0 Å². The third-order valence-corrected chi connectivity index (χ3v) is 3.39. The Balaban J connectivity index is 2.22. The molecule has 1 aromatic heterocycles. The molecule has 0 aliphatic heterocycles. The zero-order valence-electron chi connectivity index (χ0n) is 9.53. The first-order valence-corrected chi connectivity index (χ1v) is 5.52. The summed E-state index contributed by atoms with van der Waals surface area (Å²) in [7, 11) is 0. The molecule has 2 rings (SSSR count). The monoisotopic (exact) mass is 210 g/mol. The van der Waals surface area contributed by atoms with E-state index >= 15 is 0 Å². The van der Waals surface area contributed by atoms with Crippen LogP contribution in [0.15, 0.2) is 4.52 Å². The lowest BCUT2D eigenvalue weighted by Crippen LogP contribution is -2.15. The van der Waals surface area contributed by atoms with E-state index < -0.39 is 6.10 Å². The van der Waals surface area contributed by atoms with Crippen molar-refractivity contribution in [3.05, 3.63) is 11.7 Å². The maximum absolute atomic E-state index is 9.32. The van der Waals surface area contributed by atoms with Gasteiger partial charge in [-0.2, -0.15) is 4.98 Å². The SMILES string of the molecule is CC(O)c1noc(C2CCCC2(C)C)n1. The Morgan fingerprint density at radius 1 is 1.53 bits per heavy atom. The fourth-order valence-corrected chi connectivity index (χ4v) is 2.34. The van der Waals surface area contributed by atoms with Crippen molar-refractivity contribution in [3.8, 4) is 0 Å². The number of aromatic nitrogens is 2. The quantitative estimate of drug-likeness (QED) is 0.814. The molecule has 0 bridgehead atoms. The summed E-state index contributed by atoms with van der Waals surface area (Å²) in [6.07, 6.45) is 2.87. The molecule has 0 spiro atoms. The van der Waals surface area contributed by atoms with Crippen LogP contribution in [0.4, 0.5) is 0 Å². The summed E-state index contributed by atoms with van der Waals surface area (Å²) in [5, 5.41) is 13.1. The molecule has 1 fully saturated rings. The Morgan fingerprint density at radius 3 is 2.73 bits per heavy atom. The van der Waals surface area contributed by atoms with Crippen LogP contribution in [0.1, 0.15) is 63.8 Å². The second-order valence-corrected chi connectivity index (χ2v) is 5.10. The molecule has 2 atom stereocenters. The van der Waals surface area contributed by atoms with Gasteiger partial charge < -0.3 is 9.63 Å². The lowest BCUT2D eigenvalue weighted by atomic mass is 9.82. The molecule has 0 amide bonds. The Kier molecular flexibility index (Phi) is 2.54. The molecule has 84 valence electrons. The van der Waals surface area contributed by atoms with Crippen LogP contribution in [-0.2, 0) is 0 Å². The molecule has 1 N–H and O–H groups in total. The number of hydrogen-bond acceptors (Lipinski definition) is 4. The highest BCUT2D eigenvalue weighted by Crippen LogP contribution is 2.48. The molecular weight excluding hydrogens is 192 g/mol. The normalized spacial score (nSPS) is 26.8. The van der Waals surface area contributed by atoms with E-state index in [1.165, 1.54) is 12.8 Å². The van der Waals surface area contributed by atoms with E-state index in [4.69, 9.17) is 4.52 Å². The highest BCUT2D eigenvalue weighted by molar-refractivity contribution is 5.04. The van der Waals surface area contributed by atoms with E-state index in [9.17, 15) is 5.11 Å². The molecule has 1 heterocycles. The summed E-state index contributed by atoms with van der Waals surface area (Å²) < 4.78 is 5.22. The van der Waals surface area contributed by atoms with Crippen molar-refractivity contribution >= 4 is 0 Å². The van der Waals surface area contributed by atoms with E-state index in [0.29, 0.717) is 17.6 Å². The summed E-state index contributed by atoms with van der Waals surface area (Å²) in [5.74, 6) is 1.43. The van der Waals surface area contributed by atoms with Gasteiger partial charge in [-0.15, -0.1) is 0 Å². The first-order valence-electron chi connectivity index (χ1n) is 5.52. The summed E-state index contributed by atoms with van der Waals surface area (Å²) in [4.78, 5) is 4.26. The van der Waals surface area contributed by atoms with Crippen LogP contribution >= 0.6 is 0 Å². The highest BCUT2D eigenvalue weighted by atomic mass is 16.5. The minimum atomic E-state index is -0.646. The lowest BCUT2D eigenvalue weighted by Gasteiger charge is -2.23. The molecule has 1 aliphatic carbocycles. The zero-order valence-corrected chi connectivity index (χ0v) is 9.53. The number of aliphatic hydroxyl groups is 1. The zero-order chi connectivity index (χ0) is 11.1. The number of aliphatic hydroxyl groups excluding tert-OH is 1. The largest absolute Gasteiger partial charge is 0.385 e. The fourth-order valence-electron chi connectivity index (χ4n) is 2.34. The third kappa shape index (κ3) is 1.91. The van der Waals surface area contributed by atoms with Crippen molar-refractivity contribution in [2.75, 3.05) is 0 Å². The summed E-state index contributed by atoms with van der Waals surface area (Å²) in [5.41, 5.74) is 0.239. The van der Waals surface area contributed by atoms with Crippen molar-refractivity contribution in [1.29, 1.82) is 0 Å². The van der Waals surface area contributed by atoms with Crippen LogP contribution in [0, 0.1) is 5.41 Å². The van der Waals surface area contributed by atoms with Gasteiger partial charge in [-0.1, -0.05) is 25.4 Å². The van der Waals surface area contributed by atoms with Crippen LogP contribution in [-0.4, -0.2) is 15.2 Å². The molecule has 2 unspecified atom stereocenters. The number of nitrogens with zero attached hydrogens (tertiary/aromatic N) is 2. The molecular formula is C11H18N2O2. The summed E-state index contributed by atoms with van der Waals surface area (Å²) in [6, 6.07) is 0. The first-order chi connectivity index (χ1) is 7.00. The van der Waals surface area contributed by atoms with Crippen LogP contribution < -0.4 is 0 Å². The third-order valence-electron chi connectivity index (χ3n) is 3.39. The lowest BCUT2D eigenvalue weighted by molar-refractivity contribution is 0.183. The van der Waals surface area contributed by atoms with Gasteiger partial charge in [0.2, 0.25) is 5.89 Å². The Hall–Kier alpha value is -0.900. The number of rotatable bonds is 2. The van der Waals surface area contributed by atoms with E-state index in [-0.39, 0.29) is 5.41 Å². The Labute approximate surface area is 89.7 Å². The van der Waals surface area contributed by atoms with E-state index in [1.54, 1.807) is 6.92 Å². The molecule has 0 aromatic carbocycles. The van der Waals surface area contributed by atoms with Gasteiger partial charge in [0.25, 0.3) is 0 Å². The van der Waals surface area contributed by atoms with Gasteiger partial charge in [0.1, 0.15) is 6.10 Å². The minimum Gasteiger partial charge on any atom is -0.385 e. The van der Waals surface area contributed by atoms with Gasteiger partial charge in [-0.05, 0) is 25.2 Å². The summed E-state index contributed by atoms with van der Waals surface area (Å²) >= 11 is 0. The van der Waals surface area contributed by atoms with Gasteiger partial charge in [0.15, 0.2) is 5.82 Å². The predicted octanol–water partition coefficient (Wildman–Crippen LogP) is 2.42. The van der Waals surface area contributed by atoms with Crippen molar-refractivity contribution < 1.29 is 9.63 Å². The van der Waals surface area contributed by atoms with Gasteiger partial charge in [0, 0.05) is 5.92 Å². The topological polar surface area (TPSA) is 59.2 Å². The average molecular weight is 210 g/mol.